The highest BCUT2D eigenvalue weighted by atomic mass is 35.5. The number of sulfonamides is 1. The van der Waals surface area contributed by atoms with Gasteiger partial charge in [0.05, 0.1) is 36.8 Å². The van der Waals surface area contributed by atoms with Crippen LogP contribution in [0, 0.1) is 23.7 Å². The van der Waals surface area contributed by atoms with E-state index in [-0.39, 0.29) is 35.1 Å². The Kier molecular flexibility index (Phi) is 9.88. The summed E-state index contributed by atoms with van der Waals surface area (Å²) in [6.45, 7) is 12.8. The van der Waals surface area contributed by atoms with Gasteiger partial charge < -0.3 is 19.1 Å². The van der Waals surface area contributed by atoms with Crippen molar-refractivity contribution in [2.24, 2.45) is 23.7 Å². The van der Waals surface area contributed by atoms with Crippen LogP contribution in [0.25, 0.3) is 0 Å². The summed E-state index contributed by atoms with van der Waals surface area (Å²) < 4.78 is 49.5. The van der Waals surface area contributed by atoms with Crippen molar-refractivity contribution in [3.05, 3.63) is 58.1 Å². The fourth-order valence-electron chi connectivity index (χ4n) is 10.3. The Labute approximate surface area is 315 Å². The summed E-state index contributed by atoms with van der Waals surface area (Å²) in [6, 6.07) is 12.0. The number of benzene rings is 2. The number of likely N-dealkylation sites (tertiary alicyclic amines) is 1. The zero-order chi connectivity index (χ0) is 36.4. The van der Waals surface area contributed by atoms with E-state index in [1.54, 1.807) is 13.0 Å². The SMILES string of the molecule is C[C@@H]1[C@@H](C)CCC[C@H](C2OCC(N3CCC3(C)C)CO2)[C@@H]2CC[C@H]2CN2C[C@@]3(CCCc4cc(Cl)ccc43)COc3ccc(cc32)C(=O)NS1(=O)=O. The molecule has 1 saturated carbocycles. The summed E-state index contributed by atoms with van der Waals surface area (Å²) in [6.07, 6.45) is 8.73. The highest BCUT2D eigenvalue weighted by Gasteiger charge is 2.48. The van der Waals surface area contributed by atoms with Crippen LogP contribution in [0.2, 0.25) is 5.02 Å². The molecular formula is C41H56ClN3O6S. The molecule has 9 nitrogen and oxygen atoms in total. The number of aryl methyl sites for hydroxylation is 1. The van der Waals surface area contributed by atoms with Gasteiger partial charge in [-0.1, -0.05) is 31.0 Å². The molecular weight excluding hydrogens is 698 g/mol. The first-order chi connectivity index (χ1) is 24.8. The Morgan fingerprint density at radius 3 is 2.46 bits per heavy atom. The standard InChI is InChI=1S/C41H56ClN3O6S/c1-26-7-5-9-34(39-49-22-32(23-50-39)45-18-17-40(45,3)4)33-13-10-30(33)21-44-24-41(16-6-8-28-19-31(42)12-14-35(28)41)25-51-37-15-11-29(20-36(37)44)38(46)43-52(47,48)27(26)2/h11-12,14-15,19-20,26-27,30,32-34,39H,5-10,13,16-18,21-25H2,1-4H3,(H,43,46)/t26-,27+,30-,32?,33+,34-,39?,41-/m0/s1. The molecule has 52 heavy (non-hydrogen) atoms. The third kappa shape index (κ3) is 6.78. The minimum Gasteiger partial charge on any atom is -0.490 e. The number of anilines is 1. The van der Waals surface area contributed by atoms with Crippen LogP contribution in [-0.2, 0) is 31.3 Å². The molecule has 1 amide bonds. The lowest BCUT2D eigenvalue weighted by Gasteiger charge is -2.54. The normalized spacial score (nSPS) is 36.2. The second kappa shape index (κ2) is 14.0. The average Bonchev–Trinajstić information content (AvgIpc) is 3.25. The molecule has 2 bridgehead atoms. The summed E-state index contributed by atoms with van der Waals surface area (Å²) in [5.41, 5.74) is 3.69. The van der Waals surface area contributed by atoms with Crippen molar-refractivity contribution < 1.29 is 27.4 Å². The van der Waals surface area contributed by atoms with E-state index >= 15 is 0 Å². The second-order valence-electron chi connectivity index (χ2n) is 17.5. The lowest BCUT2D eigenvalue weighted by Crippen LogP contribution is -2.64. The fourth-order valence-corrected chi connectivity index (χ4v) is 11.8. The van der Waals surface area contributed by atoms with Crippen LogP contribution in [0.5, 0.6) is 5.75 Å². The molecule has 11 heteroatoms. The van der Waals surface area contributed by atoms with Crippen LogP contribution in [-0.4, -0.2) is 81.8 Å². The van der Waals surface area contributed by atoms with Gasteiger partial charge in [0, 0.05) is 47.1 Å². The van der Waals surface area contributed by atoms with Crippen molar-refractivity contribution in [3.63, 3.8) is 0 Å². The van der Waals surface area contributed by atoms with Crippen LogP contribution in [0.4, 0.5) is 5.69 Å². The van der Waals surface area contributed by atoms with Gasteiger partial charge in [-0.05, 0) is 131 Å². The zero-order valence-corrected chi connectivity index (χ0v) is 32.8. The van der Waals surface area contributed by atoms with Gasteiger partial charge in [-0.25, -0.2) is 13.1 Å². The molecule has 2 aromatic rings. The number of ether oxygens (including phenoxy) is 3. The van der Waals surface area contributed by atoms with E-state index in [1.807, 2.05) is 25.1 Å². The summed E-state index contributed by atoms with van der Waals surface area (Å²) >= 11 is 6.49. The van der Waals surface area contributed by atoms with E-state index in [9.17, 15) is 13.2 Å². The highest BCUT2D eigenvalue weighted by Crippen LogP contribution is 2.49. The van der Waals surface area contributed by atoms with Crippen molar-refractivity contribution in [3.8, 4) is 5.75 Å². The third-order valence-electron chi connectivity index (χ3n) is 13.9. The molecule has 0 radical (unpaired) electrons. The number of carbonyl (C=O) groups is 1. The summed E-state index contributed by atoms with van der Waals surface area (Å²) in [5, 5.41) is 0.0332. The molecule has 1 N–H and O–H groups in total. The second-order valence-corrected chi connectivity index (χ2v) is 20.0. The van der Waals surface area contributed by atoms with Crippen LogP contribution < -0.4 is 14.4 Å². The predicted octanol–water partition coefficient (Wildman–Crippen LogP) is 6.95. The van der Waals surface area contributed by atoms with Gasteiger partial charge in [-0.2, -0.15) is 0 Å². The van der Waals surface area contributed by atoms with Gasteiger partial charge in [0.1, 0.15) is 5.75 Å². The number of halogens is 1. The number of amides is 1. The first-order valence-corrected chi connectivity index (χ1v) is 21.6. The smallest absolute Gasteiger partial charge is 0.264 e. The molecule has 2 aliphatic carbocycles. The molecule has 8 rings (SSSR count). The lowest BCUT2D eigenvalue weighted by molar-refractivity contribution is -0.255. The maximum atomic E-state index is 13.6. The molecule has 1 spiro atoms. The van der Waals surface area contributed by atoms with Crippen molar-refractivity contribution >= 4 is 33.2 Å². The highest BCUT2D eigenvalue weighted by molar-refractivity contribution is 7.90. The molecule has 4 heterocycles. The molecule has 3 fully saturated rings. The topological polar surface area (TPSA) is 97.4 Å². The first kappa shape index (κ1) is 36.6. The van der Waals surface area contributed by atoms with E-state index in [0.29, 0.717) is 37.2 Å². The Morgan fingerprint density at radius 1 is 0.942 bits per heavy atom. The molecule has 0 unspecified atom stereocenters. The quantitative estimate of drug-likeness (QED) is 0.352. The van der Waals surface area contributed by atoms with Gasteiger partial charge in [-0.15, -0.1) is 0 Å². The fraction of sp³-hybridized carbons (Fsp3) is 0.683. The van der Waals surface area contributed by atoms with Gasteiger partial charge >= 0.3 is 0 Å². The van der Waals surface area contributed by atoms with Gasteiger partial charge in [-0.3, -0.25) is 9.69 Å². The Morgan fingerprint density at radius 2 is 1.75 bits per heavy atom. The van der Waals surface area contributed by atoms with Gasteiger partial charge in [0.2, 0.25) is 10.0 Å². The molecule has 4 aliphatic heterocycles. The van der Waals surface area contributed by atoms with Crippen molar-refractivity contribution in [2.45, 2.75) is 114 Å². The minimum atomic E-state index is -3.91. The molecule has 2 aromatic carbocycles. The lowest BCUT2D eigenvalue weighted by atomic mass is 9.64. The number of carbonyl (C=O) groups excluding carboxylic acids is 1. The third-order valence-corrected chi connectivity index (χ3v) is 16.1. The van der Waals surface area contributed by atoms with Crippen molar-refractivity contribution in [1.29, 1.82) is 0 Å². The van der Waals surface area contributed by atoms with Crippen molar-refractivity contribution in [2.75, 3.05) is 44.4 Å². The molecule has 6 atom stereocenters. The van der Waals surface area contributed by atoms with Crippen LogP contribution in [0.3, 0.4) is 0 Å². The molecule has 284 valence electrons. The van der Waals surface area contributed by atoms with E-state index in [1.165, 1.54) is 17.5 Å². The molecule has 6 aliphatic rings. The van der Waals surface area contributed by atoms with E-state index < -0.39 is 21.2 Å². The van der Waals surface area contributed by atoms with Crippen LogP contribution in [0.15, 0.2) is 36.4 Å². The zero-order valence-electron chi connectivity index (χ0n) is 31.2. The van der Waals surface area contributed by atoms with Crippen LogP contribution in [0.1, 0.15) is 101 Å². The Balaban J connectivity index is 1.13. The summed E-state index contributed by atoms with van der Waals surface area (Å²) in [7, 11) is -3.91. The maximum Gasteiger partial charge on any atom is 0.264 e. The monoisotopic (exact) mass is 753 g/mol. The number of rotatable bonds is 2. The molecule has 2 saturated heterocycles. The first-order valence-electron chi connectivity index (χ1n) is 19.7. The summed E-state index contributed by atoms with van der Waals surface area (Å²) in [4.78, 5) is 18.6. The van der Waals surface area contributed by atoms with E-state index in [0.717, 1.165) is 87.5 Å². The van der Waals surface area contributed by atoms with Gasteiger partial charge in [0.25, 0.3) is 5.91 Å². The maximum absolute atomic E-state index is 13.6. The van der Waals surface area contributed by atoms with E-state index in [4.69, 9.17) is 25.8 Å². The largest absolute Gasteiger partial charge is 0.490 e. The van der Waals surface area contributed by atoms with Crippen molar-refractivity contribution in [1.82, 2.24) is 9.62 Å². The predicted molar refractivity (Wildman–Crippen MR) is 204 cm³/mol. The Bertz CT molecular complexity index is 1780. The number of nitrogens with zero attached hydrogens (tertiary/aromatic N) is 2. The summed E-state index contributed by atoms with van der Waals surface area (Å²) in [5.74, 6) is 1.06. The minimum absolute atomic E-state index is 0.123. The molecule has 0 aromatic heterocycles. The number of hydrogen-bond donors (Lipinski definition) is 1. The van der Waals surface area contributed by atoms with Crippen LogP contribution >= 0.6 is 11.6 Å². The van der Waals surface area contributed by atoms with Gasteiger partial charge in [0.15, 0.2) is 6.29 Å². The Hall–Kier alpha value is -2.37. The van der Waals surface area contributed by atoms with E-state index in [2.05, 4.69) is 40.5 Å². The number of fused-ring (bicyclic) bond motifs is 4. The number of hydrogen-bond acceptors (Lipinski definition) is 8. The number of nitrogens with one attached hydrogen (secondary N) is 1. The average molecular weight is 754 g/mol.